The molecule has 0 bridgehead atoms. The summed E-state index contributed by atoms with van der Waals surface area (Å²) in [6.45, 7) is 4.48. The predicted molar refractivity (Wildman–Crippen MR) is 94.1 cm³/mol. The van der Waals surface area contributed by atoms with Gasteiger partial charge in [0.1, 0.15) is 0 Å². The quantitative estimate of drug-likeness (QED) is 0.738. The molecule has 0 aromatic heterocycles. The maximum absolute atomic E-state index is 11.8. The van der Waals surface area contributed by atoms with E-state index in [1.807, 2.05) is 32.4 Å². The van der Waals surface area contributed by atoms with Crippen molar-refractivity contribution in [3.63, 3.8) is 0 Å². The topological polar surface area (TPSA) is 50.8 Å². The zero-order valence-corrected chi connectivity index (χ0v) is 15.1. The molecule has 0 saturated heterocycles. The monoisotopic (exact) mass is 338 g/mol. The van der Waals surface area contributed by atoms with E-state index in [9.17, 15) is 4.79 Å². The lowest BCUT2D eigenvalue weighted by molar-refractivity contribution is -0.122. The molecule has 2 unspecified atom stereocenters. The molecule has 128 valence electrons. The minimum absolute atomic E-state index is 0.00775. The van der Waals surface area contributed by atoms with Crippen molar-refractivity contribution in [2.24, 2.45) is 0 Å². The lowest BCUT2D eigenvalue weighted by Gasteiger charge is -2.31. The van der Waals surface area contributed by atoms with Crippen LogP contribution in [0.25, 0.3) is 0 Å². The average Bonchev–Trinajstić information content (AvgIpc) is 2.99. The number of carbonyl (C=O) groups is 1. The molecule has 2 atom stereocenters. The fourth-order valence-corrected chi connectivity index (χ4v) is 2.93. The Morgan fingerprint density at radius 3 is 2.83 bits per heavy atom. The third-order valence-corrected chi connectivity index (χ3v) is 4.79. The summed E-state index contributed by atoms with van der Waals surface area (Å²) < 4.78 is 10.8. The summed E-state index contributed by atoms with van der Waals surface area (Å²) in [5.74, 6) is 2.59. The number of rotatable bonds is 8. The molecule has 1 amide bonds. The number of hydrogen-bond acceptors (Lipinski definition) is 5. The summed E-state index contributed by atoms with van der Waals surface area (Å²) in [6, 6.07) is 6.36. The van der Waals surface area contributed by atoms with Gasteiger partial charge in [-0.15, -0.1) is 0 Å². The molecule has 0 saturated carbocycles. The summed E-state index contributed by atoms with van der Waals surface area (Å²) in [5, 5.41) is 3.05. The number of amides is 1. The van der Waals surface area contributed by atoms with E-state index in [2.05, 4.69) is 23.2 Å². The second-order valence-electron chi connectivity index (χ2n) is 5.89. The van der Waals surface area contributed by atoms with Crippen molar-refractivity contribution >= 4 is 17.7 Å². The Labute approximate surface area is 142 Å². The average molecular weight is 338 g/mol. The molecule has 1 N–H and O–H groups in total. The molecule has 23 heavy (non-hydrogen) atoms. The van der Waals surface area contributed by atoms with E-state index in [1.54, 1.807) is 11.8 Å². The van der Waals surface area contributed by atoms with Crippen LogP contribution in [0.5, 0.6) is 11.5 Å². The van der Waals surface area contributed by atoms with Crippen molar-refractivity contribution in [3.8, 4) is 11.5 Å². The van der Waals surface area contributed by atoms with Gasteiger partial charge in [0.2, 0.25) is 12.7 Å². The molecule has 0 radical (unpaired) electrons. The first-order chi connectivity index (χ1) is 11.0. The third-order valence-electron chi connectivity index (χ3n) is 4.18. The first-order valence-electron chi connectivity index (χ1n) is 7.90. The van der Waals surface area contributed by atoms with Gasteiger partial charge in [0.15, 0.2) is 11.5 Å². The summed E-state index contributed by atoms with van der Waals surface area (Å²) in [4.78, 5) is 14.0. The largest absolute Gasteiger partial charge is 0.454 e. The van der Waals surface area contributed by atoms with Crippen LogP contribution in [0.3, 0.4) is 0 Å². The number of hydrogen-bond donors (Lipinski definition) is 1. The van der Waals surface area contributed by atoms with Gasteiger partial charge in [-0.1, -0.05) is 6.07 Å². The highest BCUT2D eigenvalue weighted by Gasteiger charge is 2.19. The normalized spacial score (nSPS) is 15.5. The number of nitrogens with zero attached hydrogens (tertiary/aromatic N) is 1. The Morgan fingerprint density at radius 2 is 2.09 bits per heavy atom. The molecule has 5 nitrogen and oxygen atoms in total. The molecule has 1 aliphatic rings. The van der Waals surface area contributed by atoms with Crippen molar-refractivity contribution in [2.75, 3.05) is 25.8 Å². The molecule has 0 spiro atoms. The summed E-state index contributed by atoms with van der Waals surface area (Å²) in [6.07, 6.45) is 3.47. The van der Waals surface area contributed by atoms with Crippen LogP contribution >= 0.6 is 11.8 Å². The Bertz CT molecular complexity index is 539. The number of nitrogens with one attached hydrogen (secondary N) is 1. The van der Waals surface area contributed by atoms with E-state index in [0.29, 0.717) is 19.3 Å². The summed E-state index contributed by atoms with van der Waals surface area (Å²) in [5.41, 5.74) is 1.20. The molecular formula is C17H26N2O3S. The number of likely N-dealkylation sites (N-methyl/N-ethyl adjacent to an activating group) is 1. The Balaban J connectivity index is 1.86. The van der Waals surface area contributed by atoms with Gasteiger partial charge in [-0.25, -0.2) is 0 Å². The van der Waals surface area contributed by atoms with Crippen LogP contribution in [0.15, 0.2) is 18.2 Å². The molecule has 2 rings (SSSR count). The maximum Gasteiger partial charge on any atom is 0.231 e. The molecular weight excluding hydrogens is 312 g/mol. The van der Waals surface area contributed by atoms with Gasteiger partial charge in [0.25, 0.3) is 0 Å². The second-order valence-corrected chi connectivity index (χ2v) is 6.88. The van der Waals surface area contributed by atoms with Crippen LogP contribution in [0.4, 0.5) is 0 Å². The number of ether oxygens (including phenoxy) is 2. The van der Waals surface area contributed by atoms with Gasteiger partial charge in [-0.2, -0.15) is 11.8 Å². The fraction of sp³-hybridized carbons (Fsp3) is 0.588. The van der Waals surface area contributed by atoms with Gasteiger partial charge in [-0.05, 0) is 51.3 Å². The van der Waals surface area contributed by atoms with Crippen LogP contribution in [0, 0.1) is 0 Å². The predicted octanol–water partition coefficient (Wildman–Crippen LogP) is 2.49. The van der Waals surface area contributed by atoms with Crippen LogP contribution in [-0.4, -0.2) is 48.9 Å². The van der Waals surface area contributed by atoms with E-state index >= 15 is 0 Å². The number of benzene rings is 1. The van der Waals surface area contributed by atoms with E-state index in [0.717, 1.165) is 23.7 Å². The Kier molecular flexibility index (Phi) is 6.59. The van der Waals surface area contributed by atoms with E-state index in [4.69, 9.17) is 9.47 Å². The molecule has 0 fully saturated rings. The zero-order valence-electron chi connectivity index (χ0n) is 14.3. The van der Waals surface area contributed by atoms with Crippen molar-refractivity contribution < 1.29 is 14.3 Å². The van der Waals surface area contributed by atoms with Crippen molar-refractivity contribution in [2.45, 2.75) is 38.9 Å². The highest BCUT2D eigenvalue weighted by molar-refractivity contribution is 7.98. The van der Waals surface area contributed by atoms with Crippen LogP contribution < -0.4 is 14.8 Å². The molecule has 1 aromatic rings. The van der Waals surface area contributed by atoms with Crippen molar-refractivity contribution in [1.29, 1.82) is 0 Å². The minimum atomic E-state index is 0.00775. The van der Waals surface area contributed by atoms with E-state index in [1.165, 1.54) is 5.56 Å². The fourth-order valence-electron chi connectivity index (χ4n) is 2.54. The van der Waals surface area contributed by atoms with Gasteiger partial charge in [0, 0.05) is 18.2 Å². The lowest BCUT2D eigenvalue weighted by Crippen LogP contribution is -2.48. The zero-order chi connectivity index (χ0) is 16.8. The van der Waals surface area contributed by atoms with Crippen LogP contribution in [0.2, 0.25) is 0 Å². The highest BCUT2D eigenvalue weighted by Crippen LogP contribution is 2.32. The van der Waals surface area contributed by atoms with Gasteiger partial charge >= 0.3 is 0 Å². The van der Waals surface area contributed by atoms with Gasteiger partial charge in [-0.3, -0.25) is 9.69 Å². The van der Waals surface area contributed by atoms with Crippen LogP contribution in [0.1, 0.15) is 25.8 Å². The molecule has 1 heterocycles. The molecule has 0 aliphatic carbocycles. The minimum Gasteiger partial charge on any atom is -0.454 e. The van der Waals surface area contributed by atoms with Crippen molar-refractivity contribution in [3.05, 3.63) is 23.8 Å². The number of carbonyl (C=O) groups excluding carboxylic acids is 1. The van der Waals surface area contributed by atoms with E-state index in [-0.39, 0.29) is 12.1 Å². The Hall–Kier alpha value is -1.40. The van der Waals surface area contributed by atoms with Crippen molar-refractivity contribution in [1.82, 2.24) is 10.2 Å². The number of thioether (sulfide) groups is 1. The lowest BCUT2D eigenvalue weighted by atomic mass is 10.1. The SMILES string of the molecule is CSCCC(=O)NC(C)N(C)C(C)Cc1ccc2c(c1)OCO2. The first kappa shape index (κ1) is 17.9. The number of fused-ring (bicyclic) bond motifs is 1. The third kappa shape index (κ3) is 5.04. The van der Waals surface area contributed by atoms with E-state index < -0.39 is 0 Å². The molecule has 6 heteroatoms. The summed E-state index contributed by atoms with van der Waals surface area (Å²) in [7, 11) is 2.04. The second kappa shape index (κ2) is 8.45. The summed E-state index contributed by atoms with van der Waals surface area (Å²) >= 11 is 1.69. The molecule has 1 aliphatic heterocycles. The highest BCUT2D eigenvalue weighted by atomic mass is 32.2. The standard InChI is InChI=1S/C17H26N2O3S/c1-12(19(3)13(2)18-17(20)7-8-23-4)9-14-5-6-15-16(10-14)22-11-21-15/h5-6,10,12-13H,7-9,11H2,1-4H3,(H,18,20). The smallest absolute Gasteiger partial charge is 0.231 e. The van der Waals surface area contributed by atoms with Gasteiger partial charge < -0.3 is 14.8 Å². The van der Waals surface area contributed by atoms with Crippen LogP contribution in [-0.2, 0) is 11.2 Å². The Morgan fingerprint density at radius 1 is 1.35 bits per heavy atom. The maximum atomic E-state index is 11.8. The van der Waals surface area contributed by atoms with Gasteiger partial charge in [0.05, 0.1) is 6.17 Å². The molecule has 1 aromatic carbocycles. The first-order valence-corrected chi connectivity index (χ1v) is 9.29.